The van der Waals surface area contributed by atoms with E-state index in [1.165, 1.54) is 0 Å². The fourth-order valence-electron chi connectivity index (χ4n) is 2.03. The lowest BCUT2D eigenvalue weighted by molar-refractivity contribution is -0.149. The lowest BCUT2D eigenvalue weighted by Gasteiger charge is -2.37. The minimum absolute atomic E-state index is 0.0588. The van der Waals surface area contributed by atoms with Crippen molar-refractivity contribution in [1.29, 1.82) is 0 Å². The molecule has 1 aliphatic heterocycles. The zero-order valence-electron chi connectivity index (χ0n) is 8.69. The molecule has 1 amide bonds. The molecule has 2 atom stereocenters. The zero-order chi connectivity index (χ0) is 10.7. The number of nitrogens with zero attached hydrogens (tertiary/aromatic N) is 1. The number of hydrogen-bond donors (Lipinski definition) is 1. The fraction of sp³-hybridized carbons (Fsp3) is 0.800. The van der Waals surface area contributed by atoms with E-state index >= 15 is 0 Å². The molecule has 0 spiro atoms. The highest BCUT2D eigenvalue weighted by atomic mass is 16.4. The Morgan fingerprint density at radius 3 is 2.64 bits per heavy atom. The van der Waals surface area contributed by atoms with Crippen molar-refractivity contribution in [3.8, 4) is 0 Å². The molecule has 14 heavy (non-hydrogen) atoms. The van der Waals surface area contributed by atoms with Crippen molar-refractivity contribution in [2.45, 2.75) is 39.2 Å². The lowest BCUT2D eigenvalue weighted by Crippen LogP contribution is -2.48. The number of piperidine rings is 1. The Morgan fingerprint density at radius 1 is 1.50 bits per heavy atom. The normalized spacial score (nSPS) is 27.4. The van der Waals surface area contributed by atoms with Gasteiger partial charge in [-0.15, -0.1) is 0 Å². The van der Waals surface area contributed by atoms with Gasteiger partial charge in [-0.05, 0) is 19.8 Å². The highest BCUT2D eigenvalue weighted by Gasteiger charge is 2.34. The highest BCUT2D eigenvalue weighted by Crippen LogP contribution is 2.24. The summed E-state index contributed by atoms with van der Waals surface area (Å²) in [6.07, 6.45) is 1.94. The molecular weight excluding hydrogens is 182 g/mol. The van der Waals surface area contributed by atoms with Gasteiger partial charge in [0.1, 0.15) is 0 Å². The highest BCUT2D eigenvalue weighted by molar-refractivity contribution is 5.78. The zero-order valence-corrected chi connectivity index (χ0v) is 8.69. The van der Waals surface area contributed by atoms with Crippen molar-refractivity contribution in [3.05, 3.63) is 0 Å². The standard InChI is InChI=1S/C10H17NO3/c1-3-9(12)11-6-4-5-8(7(11)2)10(13)14/h7-8H,3-6H2,1-2H3,(H,13,14). The number of rotatable bonds is 2. The quantitative estimate of drug-likeness (QED) is 0.724. The maximum atomic E-state index is 11.5. The lowest BCUT2D eigenvalue weighted by atomic mass is 9.90. The molecular formula is C10H17NO3. The first kappa shape index (κ1) is 11.0. The maximum absolute atomic E-state index is 11.5. The van der Waals surface area contributed by atoms with Crippen molar-refractivity contribution >= 4 is 11.9 Å². The van der Waals surface area contributed by atoms with Crippen molar-refractivity contribution in [1.82, 2.24) is 4.90 Å². The number of carboxylic acids is 1. The van der Waals surface area contributed by atoms with Crippen LogP contribution >= 0.6 is 0 Å². The molecule has 0 aromatic rings. The number of carboxylic acid groups (broad SMARTS) is 1. The van der Waals surface area contributed by atoms with Crippen LogP contribution in [0.15, 0.2) is 0 Å². The Kier molecular flexibility index (Phi) is 3.49. The van der Waals surface area contributed by atoms with Crippen molar-refractivity contribution in [3.63, 3.8) is 0 Å². The number of amides is 1. The largest absolute Gasteiger partial charge is 0.481 e. The summed E-state index contributed by atoms with van der Waals surface area (Å²) in [4.78, 5) is 24.1. The van der Waals surface area contributed by atoms with Crippen molar-refractivity contribution in [2.75, 3.05) is 6.54 Å². The van der Waals surface area contributed by atoms with E-state index in [9.17, 15) is 9.59 Å². The van der Waals surface area contributed by atoms with Gasteiger partial charge in [-0.3, -0.25) is 9.59 Å². The van der Waals surface area contributed by atoms with Crippen molar-refractivity contribution in [2.24, 2.45) is 5.92 Å². The average Bonchev–Trinajstić information content (AvgIpc) is 2.16. The second-order valence-electron chi connectivity index (χ2n) is 3.77. The summed E-state index contributed by atoms with van der Waals surface area (Å²) in [7, 11) is 0. The van der Waals surface area contributed by atoms with Crippen LogP contribution in [0.3, 0.4) is 0 Å². The molecule has 80 valence electrons. The van der Waals surface area contributed by atoms with Gasteiger partial charge in [0.05, 0.1) is 5.92 Å². The van der Waals surface area contributed by atoms with Gasteiger partial charge in [0.25, 0.3) is 0 Å². The number of hydrogen-bond acceptors (Lipinski definition) is 2. The molecule has 1 saturated heterocycles. The van der Waals surface area contributed by atoms with Gasteiger partial charge >= 0.3 is 5.97 Å². The first-order valence-electron chi connectivity index (χ1n) is 5.10. The van der Waals surface area contributed by atoms with Crippen LogP contribution in [0.25, 0.3) is 0 Å². The number of carbonyl (C=O) groups is 2. The average molecular weight is 199 g/mol. The summed E-state index contributed by atoms with van der Waals surface area (Å²) in [6, 6.07) is -0.159. The van der Waals surface area contributed by atoms with Gasteiger partial charge in [0.15, 0.2) is 0 Å². The Morgan fingerprint density at radius 2 is 2.14 bits per heavy atom. The third kappa shape index (κ3) is 2.05. The minimum atomic E-state index is -0.786. The topological polar surface area (TPSA) is 57.6 Å². The molecule has 0 saturated carbocycles. The number of carbonyl (C=O) groups excluding carboxylic acids is 1. The van der Waals surface area contributed by atoms with E-state index in [1.54, 1.807) is 11.8 Å². The van der Waals surface area contributed by atoms with E-state index in [-0.39, 0.29) is 17.9 Å². The van der Waals surface area contributed by atoms with Crippen LogP contribution in [-0.4, -0.2) is 34.5 Å². The molecule has 1 rings (SSSR count). The summed E-state index contributed by atoms with van der Waals surface area (Å²) in [5, 5.41) is 8.94. The van der Waals surface area contributed by atoms with Crippen LogP contribution in [-0.2, 0) is 9.59 Å². The molecule has 1 heterocycles. The third-order valence-corrected chi connectivity index (χ3v) is 2.93. The third-order valence-electron chi connectivity index (χ3n) is 2.93. The van der Waals surface area contributed by atoms with Gasteiger partial charge in [0.2, 0.25) is 5.91 Å². The predicted molar refractivity (Wildman–Crippen MR) is 51.8 cm³/mol. The molecule has 2 unspecified atom stereocenters. The molecule has 0 radical (unpaired) electrons. The van der Waals surface area contributed by atoms with Crippen LogP contribution in [0.1, 0.15) is 33.1 Å². The van der Waals surface area contributed by atoms with E-state index in [1.807, 2.05) is 6.92 Å². The monoisotopic (exact) mass is 199 g/mol. The summed E-state index contributed by atoms with van der Waals surface area (Å²) in [6.45, 7) is 4.34. The van der Waals surface area contributed by atoms with Gasteiger partial charge < -0.3 is 10.0 Å². The van der Waals surface area contributed by atoms with Gasteiger partial charge in [-0.2, -0.15) is 0 Å². The summed E-state index contributed by atoms with van der Waals surface area (Å²) in [5.74, 6) is -1.12. The molecule has 1 aliphatic rings. The summed E-state index contributed by atoms with van der Waals surface area (Å²) >= 11 is 0. The van der Waals surface area contributed by atoms with E-state index in [2.05, 4.69) is 0 Å². The van der Waals surface area contributed by atoms with Gasteiger partial charge in [-0.25, -0.2) is 0 Å². The van der Waals surface area contributed by atoms with E-state index in [0.29, 0.717) is 19.4 Å². The molecule has 1 N–H and O–H groups in total. The molecule has 0 bridgehead atoms. The first-order valence-corrected chi connectivity index (χ1v) is 5.10. The first-order chi connectivity index (χ1) is 6.57. The molecule has 4 heteroatoms. The van der Waals surface area contributed by atoms with E-state index in [4.69, 9.17) is 5.11 Å². The van der Waals surface area contributed by atoms with Gasteiger partial charge in [-0.1, -0.05) is 6.92 Å². The SMILES string of the molecule is CCC(=O)N1CCCC(C(=O)O)C1C. The van der Waals surface area contributed by atoms with Crippen LogP contribution < -0.4 is 0 Å². The van der Waals surface area contributed by atoms with E-state index < -0.39 is 5.97 Å². The fourth-order valence-corrected chi connectivity index (χ4v) is 2.03. The number of aliphatic carboxylic acids is 1. The Balaban J connectivity index is 2.70. The summed E-state index contributed by atoms with van der Waals surface area (Å²) in [5.41, 5.74) is 0. The summed E-state index contributed by atoms with van der Waals surface area (Å²) < 4.78 is 0. The Bertz CT molecular complexity index is 240. The Hall–Kier alpha value is -1.06. The smallest absolute Gasteiger partial charge is 0.308 e. The molecule has 0 aliphatic carbocycles. The Labute approximate surface area is 83.9 Å². The molecule has 0 aromatic carbocycles. The predicted octanol–water partition coefficient (Wildman–Crippen LogP) is 1.11. The molecule has 4 nitrogen and oxygen atoms in total. The van der Waals surface area contributed by atoms with Crippen LogP contribution in [0.4, 0.5) is 0 Å². The maximum Gasteiger partial charge on any atom is 0.308 e. The second kappa shape index (κ2) is 4.44. The van der Waals surface area contributed by atoms with Crippen LogP contribution in [0.2, 0.25) is 0 Å². The molecule has 0 aromatic heterocycles. The second-order valence-corrected chi connectivity index (χ2v) is 3.77. The van der Waals surface area contributed by atoms with Crippen molar-refractivity contribution < 1.29 is 14.7 Å². The molecule has 1 fully saturated rings. The van der Waals surface area contributed by atoms with Crippen LogP contribution in [0, 0.1) is 5.92 Å². The van der Waals surface area contributed by atoms with Gasteiger partial charge in [0, 0.05) is 19.0 Å². The van der Waals surface area contributed by atoms with Crippen LogP contribution in [0.5, 0.6) is 0 Å². The minimum Gasteiger partial charge on any atom is -0.481 e. The number of likely N-dealkylation sites (tertiary alicyclic amines) is 1. The van der Waals surface area contributed by atoms with E-state index in [0.717, 1.165) is 6.42 Å².